The molecule has 0 radical (unpaired) electrons. The molecule has 0 saturated carbocycles. The molecule has 2 N–H and O–H groups in total. The Morgan fingerprint density at radius 3 is 2.55 bits per heavy atom. The van der Waals surface area contributed by atoms with Crippen molar-refractivity contribution in [1.29, 1.82) is 0 Å². The number of aromatic amines is 1. The van der Waals surface area contributed by atoms with Crippen LogP contribution in [0.1, 0.15) is 65.2 Å². The number of halogens is 1. The Morgan fingerprint density at radius 2 is 1.89 bits per heavy atom. The number of carbonyl (C=O) groups is 1. The number of nitrogens with one attached hydrogen (secondary N) is 2. The number of benzene rings is 1. The first kappa shape index (κ1) is 28.7. The standard InChI is InChI=1S/C30H39IN4O3/c1-5-35(24-10-14-38-15-11-24)27-18-23(7-6-22-8-12-34(4)13-9-22)17-25(21(27)3)29(36)32-19-26-20(2)16-28(31)33-30(26)37/h16-18,22,24H,5,8-15,19H2,1-4H3,(H,32,36)(H,33,37). The molecule has 7 nitrogen and oxygen atoms in total. The van der Waals surface area contributed by atoms with E-state index in [9.17, 15) is 9.59 Å². The van der Waals surface area contributed by atoms with Gasteiger partial charge in [-0.2, -0.15) is 0 Å². The van der Waals surface area contributed by atoms with Gasteiger partial charge in [0.25, 0.3) is 11.5 Å². The van der Waals surface area contributed by atoms with Crippen molar-refractivity contribution in [2.24, 2.45) is 5.92 Å². The minimum atomic E-state index is -0.188. The van der Waals surface area contributed by atoms with Gasteiger partial charge in [0.15, 0.2) is 0 Å². The summed E-state index contributed by atoms with van der Waals surface area (Å²) in [5.41, 5.74) is 4.75. The SMILES string of the molecule is CCN(c1cc(C#CC2CCN(C)CC2)cc(C(=O)NCc2c(C)cc(I)[nH]c2=O)c1C)C1CCOCC1. The molecule has 2 fully saturated rings. The highest BCUT2D eigenvalue weighted by Gasteiger charge is 2.25. The average Bonchev–Trinajstić information content (AvgIpc) is 2.90. The lowest BCUT2D eigenvalue weighted by molar-refractivity contribution is 0.0845. The molecule has 4 rings (SSSR count). The Labute approximate surface area is 239 Å². The maximum atomic E-state index is 13.5. The number of nitrogens with zero attached hydrogens (tertiary/aromatic N) is 2. The monoisotopic (exact) mass is 630 g/mol. The van der Waals surface area contributed by atoms with Crippen LogP contribution in [0.4, 0.5) is 5.69 Å². The molecule has 1 aromatic heterocycles. The normalized spacial score (nSPS) is 17.1. The fourth-order valence-electron chi connectivity index (χ4n) is 5.43. The largest absolute Gasteiger partial charge is 0.381 e. The topological polar surface area (TPSA) is 77.7 Å². The van der Waals surface area contributed by atoms with Crippen LogP contribution in [-0.2, 0) is 11.3 Å². The van der Waals surface area contributed by atoms with E-state index < -0.39 is 0 Å². The van der Waals surface area contributed by atoms with Gasteiger partial charge in [-0.3, -0.25) is 9.59 Å². The van der Waals surface area contributed by atoms with Crippen molar-refractivity contribution in [1.82, 2.24) is 15.2 Å². The van der Waals surface area contributed by atoms with E-state index in [1.165, 1.54) is 0 Å². The third-order valence-electron chi connectivity index (χ3n) is 7.80. The predicted octanol–water partition coefficient (Wildman–Crippen LogP) is 4.22. The van der Waals surface area contributed by atoms with E-state index in [0.29, 0.717) is 23.1 Å². The summed E-state index contributed by atoms with van der Waals surface area (Å²) in [6.07, 6.45) is 4.08. The number of aromatic nitrogens is 1. The van der Waals surface area contributed by atoms with E-state index in [4.69, 9.17) is 4.74 Å². The van der Waals surface area contributed by atoms with E-state index in [-0.39, 0.29) is 18.0 Å². The van der Waals surface area contributed by atoms with Crippen molar-refractivity contribution in [2.75, 3.05) is 44.8 Å². The van der Waals surface area contributed by atoms with Gasteiger partial charge in [-0.1, -0.05) is 11.8 Å². The number of hydrogen-bond acceptors (Lipinski definition) is 5. The quantitative estimate of drug-likeness (QED) is 0.284. The molecule has 0 atom stereocenters. The number of ether oxygens (including phenoxy) is 1. The number of pyridine rings is 1. The molecule has 3 heterocycles. The Hall–Kier alpha value is -2.35. The van der Waals surface area contributed by atoms with E-state index in [0.717, 1.165) is 84.6 Å². The highest BCUT2D eigenvalue weighted by atomic mass is 127. The third-order valence-corrected chi connectivity index (χ3v) is 8.38. The fraction of sp³-hybridized carbons (Fsp3) is 0.533. The van der Waals surface area contributed by atoms with Gasteiger partial charge in [-0.05, 0) is 119 Å². The Balaban J connectivity index is 1.66. The fourth-order valence-corrected chi connectivity index (χ4v) is 6.14. The number of anilines is 1. The molecule has 0 bridgehead atoms. The van der Waals surface area contributed by atoms with Crippen LogP contribution in [0.15, 0.2) is 23.0 Å². The second kappa shape index (κ2) is 13.1. The minimum Gasteiger partial charge on any atom is -0.381 e. The highest BCUT2D eigenvalue weighted by Crippen LogP contribution is 2.30. The number of amides is 1. The van der Waals surface area contributed by atoms with Crippen LogP contribution < -0.4 is 15.8 Å². The lowest BCUT2D eigenvalue weighted by atomic mass is 9.96. The van der Waals surface area contributed by atoms with Crippen LogP contribution >= 0.6 is 22.6 Å². The van der Waals surface area contributed by atoms with Crippen LogP contribution in [0.3, 0.4) is 0 Å². The smallest absolute Gasteiger partial charge is 0.253 e. The zero-order valence-electron chi connectivity index (χ0n) is 23.0. The number of likely N-dealkylation sites (tertiary alicyclic amines) is 1. The molecule has 2 aliphatic heterocycles. The Morgan fingerprint density at radius 1 is 1.18 bits per heavy atom. The van der Waals surface area contributed by atoms with Crippen LogP contribution in [0.5, 0.6) is 0 Å². The van der Waals surface area contributed by atoms with Gasteiger partial charge in [0.2, 0.25) is 0 Å². The van der Waals surface area contributed by atoms with Crippen molar-refractivity contribution in [3.8, 4) is 11.8 Å². The average molecular weight is 631 g/mol. The second-order valence-electron chi connectivity index (χ2n) is 10.4. The summed E-state index contributed by atoms with van der Waals surface area (Å²) in [4.78, 5) is 33.6. The molecule has 2 saturated heterocycles. The van der Waals surface area contributed by atoms with E-state index in [1.54, 1.807) is 0 Å². The lowest BCUT2D eigenvalue weighted by Crippen LogP contribution is -2.40. The summed E-state index contributed by atoms with van der Waals surface area (Å²) < 4.78 is 6.40. The summed E-state index contributed by atoms with van der Waals surface area (Å²) >= 11 is 2.09. The van der Waals surface area contributed by atoms with Gasteiger partial charge in [0.05, 0.1) is 3.70 Å². The zero-order chi connectivity index (χ0) is 27.2. The second-order valence-corrected chi connectivity index (χ2v) is 11.6. The van der Waals surface area contributed by atoms with Gasteiger partial charge >= 0.3 is 0 Å². The van der Waals surface area contributed by atoms with Gasteiger partial charge in [0, 0.05) is 60.6 Å². The maximum absolute atomic E-state index is 13.5. The Bertz CT molecular complexity index is 1260. The first-order chi connectivity index (χ1) is 18.3. The maximum Gasteiger partial charge on any atom is 0.253 e. The molecule has 0 unspecified atom stereocenters. The van der Waals surface area contributed by atoms with Crippen molar-refractivity contribution < 1.29 is 9.53 Å². The van der Waals surface area contributed by atoms with Crippen molar-refractivity contribution in [3.63, 3.8) is 0 Å². The predicted molar refractivity (Wildman–Crippen MR) is 161 cm³/mol. The van der Waals surface area contributed by atoms with Crippen LogP contribution in [0.25, 0.3) is 0 Å². The number of piperidine rings is 1. The lowest BCUT2D eigenvalue weighted by Gasteiger charge is -2.36. The van der Waals surface area contributed by atoms with Crippen molar-refractivity contribution in [2.45, 2.75) is 59.0 Å². The highest BCUT2D eigenvalue weighted by molar-refractivity contribution is 14.1. The van der Waals surface area contributed by atoms with Crippen LogP contribution in [-0.4, -0.2) is 61.7 Å². The number of hydrogen-bond donors (Lipinski definition) is 2. The molecule has 1 amide bonds. The van der Waals surface area contributed by atoms with E-state index in [1.807, 2.05) is 26.0 Å². The van der Waals surface area contributed by atoms with E-state index >= 15 is 0 Å². The molecule has 1 aromatic carbocycles. The van der Waals surface area contributed by atoms with Gasteiger partial charge in [-0.15, -0.1) is 0 Å². The Kier molecular flexibility index (Phi) is 9.91. The molecule has 0 aliphatic carbocycles. The summed E-state index contributed by atoms with van der Waals surface area (Å²) in [5.74, 6) is 7.10. The molecule has 38 heavy (non-hydrogen) atoms. The first-order valence-electron chi connectivity index (χ1n) is 13.6. The minimum absolute atomic E-state index is 0.165. The van der Waals surface area contributed by atoms with Crippen LogP contribution in [0.2, 0.25) is 0 Å². The summed E-state index contributed by atoms with van der Waals surface area (Å²) in [5, 5.41) is 3.00. The van der Waals surface area contributed by atoms with E-state index in [2.05, 4.69) is 74.6 Å². The third kappa shape index (κ3) is 6.99. The van der Waals surface area contributed by atoms with Crippen molar-refractivity contribution in [3.05, 3.63) is 60.1 Å². The van der Waals surface area contributed by atoms with Crippen molar-refractivity contribution >= 4 is 34.2 Å². The number of rotatable bonds is 6. The van der Waals surface area contributed by atoms with Gasteiger partial charge in [0.1, 0.15) is 0 Å². The van der Waals surface area contributed by atoms with Gasteiger partial charge in [-0.25, -0.2) is 0 Å². The molecular formula is C30H39IN4O3. The molecule has 0 spiro atoms. The number of aryl methyl sites for hydroxylation is 1. The summed E-state index contributed by atoms with van der Waals surface area (Å²) in [7, 11) is 2.15. The summed E-state index contributed by atoms with van der Waals surface area (Å²) in [6.45, 7) is 10.7. The first-order valence-corrected chi connectivity index (χ1v) is 14.7. The summed E-state index contributed by atoms with van der Waals surface area (Å²) in [6, 6.07) is 6.35. The number of carbonyl (C=O) groups excluding carboxylic acids is 1. The molecule has 2 aromatic rings. The molecule has 2 aliphatic rings. The van der Waals surface area contributed by atoms with Crippen LogP contribution in [0, 0.1) is 35.3 Å². The van der Waals surface area contributed by atoms with Gasteiger partial charge < -0.3 is 24.8 Å². The number of H-pyrrole nitrogens is 1. The molecule has 204 valence electrons. The zero-order valence-corrected chi connectivity index (χ0v) is 25.1. The molecular weight excluding hydrogens is 591 g/mol. The molecule has 8 heteroatoms.